The third kappa shape index (κ3) is 4.55. The zero-order valence-corrected chi connectivity index (χ0v) is 14.8. The Bertz CT molecular complexity index is 500. The van der Waals surface area contributed by atoms with E-state index in [0.29, 0.717) is 12.5 Å². The van der Waals surface area contributed by atoms with E-state index < -0.39 is 0 Å². The van der Waals surface area contributed by atoms with Gasteiger partial charge in [-0.25, -0.2) is 0 Å². The van der Waals surface area contributed by atoms with Crippen LogP contribution >= 0.6 is 0 Å². The highest BCUT2D eigenvalue weighted by Crippen LogP contribution is 2.24. The van der Waals surface area contributed by atoms with Gasteiger partial charge in [-0.2, -0.15) is 0 Å². The minimum Gasteiger partial charge on any atom is -0.336 e. The van der Waals surface area contributed by atoms with Crippen LogP contribution in [-0.2, 0) is 6.54 Å². The van der Waals surface area contributed by atoms with E-state index in [1.54, 1.807) is 0 Å². The molecule has 4 heteroatoms. The maximum Gasteiger partial charge on any atom is 0.254 e. The smallest absolute Gasteiger partial charge is 0.254 e. The Morgan fingerprint density at radius 2 is 2.00 bits per heavy atom. The summed E-state index contributed by atoms with van der Waals surface area (Å²) in [5.41, 5.74) is 7.82. The van der Waals surface area contributed by atoms with Crippen molar-refractivity contribution in [2.75, 3.05) is 26.2 Å². The van der Waals surface area contributed by atoms with Crippen LogP contribution in [0, 0.1) is 5.92 Å². The van der Waals surface area contributed by atoms with Gasteiger partial charge in [-0.05, 0) is 63.0 Å². The van der Waals surface area contributed by atoms with Gasteiger partial charge in [0.05, 0.1) is 0 Å². The van der Waals surface area contributed by atoms with Crippen LogP contribution in [-0.4, -0.2) is 47.9 Å². The molecule has 1 aromatic rings. The molecule has 1 heterocycles. The molecule has 0 aromatic heterocycles. The van der Waals surface area contributed by atoms with Crippen LogP contribution in [0.1, 0.15) is 49.5 Å². The second-order valence-electron chi connectivity index (χ2n) is 6.71. The third-order valence-electron chi connectivity index (χ3n) is 4.85. The van der Waals surface area contributed by atoms with E-state index in [1.807, 2.05) is 17.0 Å². The van der Waals surface area contributed by atoms with Crippen molar-refractivity contribution < 1.29 is 4.79 Å². The van der Waals surface area contributed by atoms with Crippen LogP contribution in [0.15, 0.2) is 24.3 Å². The SMILES string of the molecule is CCCN(CC)Cc1ccc(C(=O)N2CC(CN)CC2C)cc1. The van der Waals surface area contributed by atoms with Gasteiger partial charge < -0.3 is 10.6 Å². The van der Waals surface area contributed by atoms with Gasteiger partial charge in [-0.3, -0.25) is 9.69 Å². The zero-order chi connectivity index (χ0) is 16.8. The summed E-state index contributed by atoms with van der Waals surface area (Å²) in [6.45, 7) is 11.1. The summed E-state index contributed by atoms with van der Waals surface area (Å²) in [4.78, 5) is 17.1. The minimum absolute atomic E-state index is 0.140. The number of rotatable bonds is 7. The number of hydrogen-bond donors (Lipinski definition) is 1. The summed E-state index contributed by atoms with van der Waals surface area (Å²) >= 11 is 0. The molecular weight excluding hydrogens is 286 g/mol. The summed E-state index contributed by atoms with van der Waals surface area (Å²) in [6, 6.07) is 8.41. The first kappa shape index (κ1) is 18.0. The van der Waals surface area contributed by atoms with Crippen LogP contribution < -0.4 is 5.73 Å². The number of benzene rings is 1. The number of amides is 1. The van der Waals surface area contributed by atoms with Crippen molar-refractivity contribution in [1.29, 1.82) is 0 Å². The van der Waals surface area contributed by atoms with Crippen molar-refractivity contribution in [2.45, 2.75) is 46.2 Å². The monoisotopic (exact) mass is 317 g/mol. The molecule has 1 fully saturated rings. The number of carbonyl (C=O) groups excluding carboxylic acids is 1. The zero-order valence-electron chi connectivity index (χ0n) is 14.8. The maximum atomic E-state index is 12.7. The number of nitrogens with two attached hydrogens (primary N) is 1. The topological polar surface area (TPSA) is 49.6 Å². The average Bonchev–Trinajstić information content (AvgIpc) is 2.95. The second-order valence-corrected chi connectivity index (χ2v) is 6.71. The van der Waals surface area contributed by atoms with Crippen LogP contribution in [0.25, 0.3) is 0 Å². The fraction of sp³-hybridized carbons (Fsp3) is 0.632. The van der Waals surface area contributed by atoms with E-state index in [9.17, 15) is 4.79 Å². The summed E-state index contributed by atoms with van der Waals surface area (Å²) in [5.74, 6) is 0.585. The van der Waals surface area contributed by atoms with Gasteiger partial charge >= 0.3 is 0 Å². The molecule has 1 saturated heterocycles. The molecule has 0 bridgehead atoms. The minimum atomic E-state index is 0.140. The molecule has 1 aliphatic rings. The third-order valence-corrected chi connectivity index (χ3v) is 4.85. The highest BCUT2D eigenvalue weighted by atomic mass is 16.2. The van der Waals surface area contributed by atoms with Gasteiger partial charge in [0.1, 0.15) is 0 Å². The summed E-state index contributed by atoms with van der Waals surface area (Å²) in [5, 5.41) is 0. The lowest BCUT2D eigenvalue weighted by molar-refractivity contribution is 0.0743. The van der Waals surface area contributed by atoms with E-state index >= 15 is 0 Å². The van der Waals surface area contributed by atoms with E-state index in [4.69, 9.17) is 5.73 Å². The van der Waals surface area contributed by atoms with Crippen LogP contribution in [0.3, 0.4) is 0 Å². The lowest BCUT2D eigenvalue weighted by Crippen LogP contribution is -2.34. The Hall–Kier alpha value is -1.39. The Morgan fingerprint density at radius 3 is 2.52 bits per heavy atom. The molecule has 2 N–H and O–H groups in total. The molecule has 0 spiro atoms. The first-order chi connectivity index (χ1) is 11.1. The van der Waals surface area contributed by atoms with Gasteiger partial charge in [0.25, 0.3) is 5.91 Å². The molecule has 128 valence electrons. The largest absolute Gasteiger partial charge is 0.336 e. The first-order valence-electron chi connectivity index (χ1n) is 8.91. The first-order valence-corrected chi connectivity index (χ1v) is 8.91. The summed E-state index contributed by atoms with van der Waals surface area (Å²) < 4.78 is 0. The lowest BCUT2D eigenvalue weighted by atomic mass is 10.1. The van der Waals surface area contributed by atoms with Gasteiger partial charge in [-0.1, -0.05) is 26.0 Å². The Labute approximate surface area is 140 Å². The van der Waals surface area contributed by atoms with Crippen molar-refractivity contribution in [3.05, 3.63) is 35.4 Å². The number of likely N-dealkylation sites (tertiary alicyclic amines) is 1. The molecule has 2 unspecified atom stereocenters. The van der Waals surface area contributed by atoms with Gasteiger partial charge in [0.15, 0.2) is 0 Å². The molecule has 2 rings (SSSR count). The molecule has 0 radical (unpaired) electrons. The van der Waals surface area contributed by atoms with Crippen molar-refractivity contribution in [3.8, 4) is 0 Å². The standard InChI is InChI=1S/C19H31N3O/c1-4-10-21(5-2)13-16-6-8-18(9-7-16)19(23)22-14-17(12-20)11-15(22)3/h6-9,15,17H,4-5,10-14,20H2,1-3H3. The number of hydrogen-bond acceptors (Lipinski definition) is 3. The number of carbonyl (C=O) groups is 1. The number of nitrogens with zero attached hydrogens (tertiary/aromatic N) is 2. The molecule has 4 nitrogen and oxygen atoms in total. The van der Waals surface area contributed by atoms with E-state index in [-0.39, 0.29) is 11.9 Å². The molecule has 1 aliphatic heterocycles. The predicted molar refractivity (Wildman–Crippen MR) is 95.3 cm³/mol. The molecule has 1 aromatic carbocycles. The molecule has 0 aliphatic carbocycles. The van der Waals surface area contributed by atoms with Gasteiger partial charge in [0, 0.05) is 24.7 Å². The van der Waals surface area contributed by atoms with Crippen LogP contribution in [0.5, 0.6) is 0 Å². The predicted octanol–water partition coefficient (Wildman–Crippen LogP) is 2.73. The molecule has 23 heavy (non-hydrogen) atoms. The van der Waals surface area contributed by atoms with Crippen molar-refractivity contribution in [3.63, 3.8) is 0 Å². The average molecular weight is 317 g/mol. The Balaban J connectivity index is 2.00. The van der Waals surface area contributed by atoms with Crippen LogP contribution in [0.4, 0.5) is 0 Å². The lowest BCUT2D eigenvalue weighted by Gasteiger charge is -2.22. The van der Waals surface area contributed by atoms with E-state index in [0.717, 1.165) is 38.2 Å². The molecular formula is C19H31N3O. The second kappa shape index (κ2) is 8.46. The highest BCUT2D eigenvalue weighted by molar-refractivity contribution is 5.94. The quantitative estimate of drug-likeness (QED) is 0.841. The van der Waals surface area contributed by atoms with E-state index in [2.05, 4.69) is 37.8 Å². The molecule has 2 atom stereocenters. The molecule has 0 saturated carbocycles. The van der Waals surface area contributed by atoms with Gasteiger partial charge in [-0.15, -0.1) is 0 Å². The van der Waals surface area contributed by atoms with Crippen molar-refractivity contribution in [2.24, 2.45) is 11.7 Å². The molecule has 1 amide bonds. The van der Waals surface area contributed by atoms with Gasteiger partial charge in [0.2, 0.25) is 0 Å². The maximum absolute atomic E-state index is 12.7. The highest BCUT2D eigenvalue weighted by Gasteiger charge is 2.31. The summed E-state index contributed by atoms with van der Waals surface area (Å²) in [7, 11) is 0. The summed E-state index contributed by atoms with van der Waals surface area (Å²) in [6.07, 6.45) is 2.18. The fourth-order valence-corrected chi connectivity index (χ4v) is 3.44. The van der Waals surface area contributed by atoms with Crippen LogP contribution in [0.2, 0.25) is 0 Å². The van der Waals surface area contributed by atoms with E-state index in [1.165, 1.54) is 12.0 Å². The van der Waals surface area contributed by atoms with Crippen molar-refractivity contribution in [1.82, 2.24) is 9.80 Å². The fourth-order valence-electron chi connectivity index (χ4n) is 3.44. The Kier molecular flexibility index (Phi) is 6.60. The van der Waals surface area contributed by atoms with Crippen molar-refractivity contribution >= 4 is 5.91 Å². The Morgan fingerprint density at radius 1 is 1.30 bits per heavy atom. The normalized spacial score (nSPS) is 21.2.